The smallest absolute Gasteiger partial charge is 0.217 e. The molecule has 0 saturated carbocycles. The molecule has 1 aromatic rings. The molecule has 0 aromatic heterocycles. The highest BCUT2D eigenvalue weighted by atomic mass is 16.8. The highest BCUT2D eigenvalue weighted by Gasteiger charge is 2.66. The van der Waals surface area contributed by atoms with E-state index in [2.05, 4.69) is 5.32 Å². The number of benzene rings is 1. The lowest BCUT2D eigenvalue weighted by molar-refractivity contribution is -0.214. The molecule has 11 nitrogen and oxygen atoms in total. The number of nitrogens with one attached hydrogen (secondary N) is 1. The Morgan fingerprint density at radius 2 is 1.47 bits per heavy atom. The first-order valence-electron chi connectivity index (χ1n) is 13.2. The van der Waals surface area contributed by atoms with E-state index in [4.69, 9.17) is 42.6 Å². The maximum atomic E-state index is 11.7. The monoisotopic (exact) mass is 539 g/mol. The summed E-state index contributed by atoms with van der Waals surface area (Å²) in [7, 11) is 0. The normalized spacial score (nSPS) is 29.3. The van der Waals surface area contributed by atoms with Gasteiger partial charge in [0.2, 0.25) is 5.91 Å². The van der Waals surface area contributed by atoms with Crippen molar-refractivity contribution < 1.29 is 47.4 Å². The van der Waals surface area contributed by atoms with Gasteiger partial charge in [-0.05, 0) is 19.4 Å². The van der Waals surface area contributed by atoms with Gasteiger partial charge in [0.1, 0.15) is 23.9 Å². The molecule has 1 amide bonds. The molecule has 214 valence electrons. The van der Waals surface area contributed by atoms with Crippen molar-refractivity contribution in [2.75, 3.05) is 66.1 Å². The Kier molecular flexibility index (Phi) is 10.9. The van der Waals surface area contributed by atoms with Gasteiger partial charge in [-0.3, -0.25) is 4.79 Å². The van der Waals surface area contributed by atoms with Crippen LogP contribution in [0, 0.1) is 0 Å². The molecule has 0 unspecified atom stereocenters. The molecule has 11 heteroatoms. The summed E-state index contributed by atoms with van der Waals surface area (Å²) in [6.07, 6.45) is -1.43. The molecule has 1 N–H and O–H groups in total. The van der Waals surface area contributed by atoms with Crippen LogP contribution in [0.2, 0.25) is 0 Å². The van der Waals surface area contributed by atoms with Crippen LogP contribution in [0.4, 0.5) is 0 Å². The zero-order chi connectivity index (χ0) is 26.8. The summed E-state index contributed by atoms with van der Waals surface area (Å²) >= 11 is 0. The molecule has 3 aliphatic heterocycles. The van der Waals surface area contributed by atoms with E-state index < -0.39 is 35.9 Å². The molecule has 3 fully saturated rings. The second kappa shape index (κ2) is 14.1. The standard InChI is InChI=1S/C27H41NO10/c1-20(29)28-22-23-24(37-26(2,3)36-23)27(19-35-25(22)38-27)18-34-16-14-32-12-10-30-9-11-31-13-15-33-17-21-7-5-4-6-8-21/h4-8,22-25H,9-19H2,1-3H3,(H,28,29)/t22-,23-,24-,25+,27+/m1/s1. The van der Waals surface area contributed by atoms with E-state index in [1.54, 1.807) is 0 Å². The van der Waals surface area contributed by atoms with Crippen molar-refractivity contribution in [1.29, 1.82) is 0 Å². The van der Waals surface area contributed by atoms with Crippen molar-refractivity contribution in [2.45, 2.75) is 63.3 Å². The summed E-state index contributed by atoms with van der Waals surface area (Å²) in [6, 6.07) is 9.60. The number of fused-ring (bicyclic) bond motifs is 4. The predicted octanol–water partition coefficient (Wildman–Crippen LogP) is 1.42. The van der Waals surface area contributed by atoms with Crippen molar-refractivity contribution in [1.82, 2.24) is 5.32 Å². The Bertz CT molecular complexity index is 856. The third-order valence-electron chi connectivity index (χ3n) is 6.45. The second-order valence-corrected chi connectivity index (χ2v) is 10.0. The highest BCUT2D eigenvalue weighted by Crippen LogP contribution is 2.46. The first kappa shape index (κ1) is 29.3. The van der Waals surface area contributed by atoms with Gasteiger partial charge in [0.25, 0.3) is 0 Å². The summed E-state index contributed by atoms with van der Waals surface area (Å²) in [4.78, 5) is 11.7. The number of carbonyl (C=O) groups is 1. The first-order chi connectivity index (χ1) is 18.4. The van der Waals surface area contributed by atoms with Gasteiger partial charge in [0.05, 0.1) is 72.7 Å². The molecule has 4 rings (SSSR count). The molecule has 3 saturated heterocycles. The van der Waals surface area contributed by atoms with Crippen LogP contribution in [0.5, 0.6) is 0 Å². The topological polar surface area (TPSA) is 112 Å². The van der Waals surface area contributed by atoms with Gasteiger partial charge in [-0.25, -0.2) is 0 Å². The molecule has 0 spiro atoms. The molecule has 3 aliphatic rings. The summed E-state index contributed by atoms with van der Waals surface area (Å²) in [5.74, 6) is -0.973. The summed E-state index contributed by atoms with van der Waals surface area (Å²) < 4.78 is 52.4. The van der Waals surface area contributed by atoms with E-state index in [0.717, 1.165) is 5.56 Å². The number of rotatable bonds is 17. The molecule has 5 atom stereocenters. The third kappa shape index (κ3) is 8.17. The van der Waals surface area contributed by atoms with Crippen LogP contribution in [0.3, 0.4) is 0 Å². The fraction of sp³-hybridized carbons (Fsp3) is 0.741. The number of carbonyl (C=O) groups excluding carboxylic acids is 1. The SMILES string of the molecule is CC(=O)N[C@H]1[C@H]2OC[C@](COCCOCCOCCOCCOCc3ccccc3)(O2)[C@@H]2OC(C)(C)O[C@H]12. The van der Waals surface area contributed by atoms with Crippen molar-refractivity contribution in [3.8, 4) is 0 Å². The Labute approximate surface area is 224 Å². The summed E-state index contributed by atoms with van der Waals surface area (Å²) in [6.45, 7) is 10.1. The van der Waals surface area contributed by atoms with Crippen molar-refractivity contribution in [3.63, 3.8) is 0 Å². The van der Waals surface area contributed by atoms with Gasteiger partial charge in [-0.1, -0.05) is 30.3 Å². The minimum Gasteiger partial charge on any atom is -0.377 e. The van der Waals surface area contributed by atoms with Crippen molar-refractivity contribution in [2.24, 2.45) is 0 Å². The quantitative estimate of drug-likeness (QED) is 0.292. The van der Waals surface area contributed by atoms with E-state index in [1.165, 1.54) is 6.92 Å². The highest BCUT2D eigenvalue weighted by molar-refractivity contribution is 5.73. The second-order valence-electron chi connectivity index (χ2n) is 10.0. The van der Waals surface area contributed by atoms with Gasteiger partial charge < -0.3 is 47.9 Å². The van der Waals surface area contributed by atoms with E-state index in [9.17, 15) is 4.79 Å². The van der Waals surface area contributed by atoms with E-state index in [0.29, 0.717) is 66.1 Å². The lowest BCUT2D eigenvalue weighted by Crippen LogP contribution is -2.65. The zero-order valence-corrected chi connectivity index (χ0v) is 22.6. The fourth-order valence-electron chi connectivity index (χ4n) is 4.79. The molecule has 2 bridgehead atoms. The maximum Gasteiger partial charge on any atom is 0.217 e. The molecular weight excluding hydrogens is 498 g/mol. The number of amides is 1. The van der Waals surface area contributed by atoms with Gasteiger partial charge in [0, 0.05) is 6.92 Å². The number of ether oxygens (including phenoxy) is 9. The summed E-state index contributed by atoms with van der Waals surface area (Å²) in [5.41, 5.74) is 0.352. The minimum absolute atomic E-state index is 0.178. The van der Waals surface area contributed by atoms with Crippen LogP contribution in [0.15, 0.2) is 30.3 Å². The van der Waals surface area contributed by atoms with Gasteiger partial charge >= 0.3 is 0 Å². The van der Waals surface area contributed by atoms with Gasteiger partial charge in [0.15, 0.2) is 12.1 Å². The van der Waals surface area contributed by atoms with Crippen LogP contribution >= 0.6 is 0 Å². The average Bonchev–Trinajstić information content (AvgIpc) is 3.44. The van der Waals surface area contributed by atoms with E-state index in [1.807, 2.05) is 44.2 Å². The Morgan fingerprint density at radius 1 is 0.868 bits per heavy atom. The number of hydrogen-bond acceptors (Lipinski definition) is 10. The first-order valence-corrected chi connectivity index (χ1v) is 13.2. The molecule has 0 radical (unpaired) electrons. The lowest BCUT2D eigenvalue weighted by Gasteiger charge is -2.42. The Balaban J connectivity index is 1.01. The predicted molar refractivity (Wildman–Crippen MR) is 134 cm³/mol. The fourth-order valence-corrected chi connectivity index (χ4v) is 4.79. The van der Waals surface area contributed by atoms with Crippen molar-refractivity contribution >= 4 is 5.91 Å². The van der Waals surface area contributed by atoms with Crippen LogP contribution < -0.4 is 5.32 Å². The van der Waals surface area contributed by atoms with Crippen molar-refractivity contribution in [3.05, 3.63) is 35.9 Å². The Hall–Kier alpha value is -1.67. The van der Waals surface area contributed by atoms with E-state index in [-0.39, 0.29) is 12.5 Å². The van der Waals surface area contributed by atoms with Crippen LogP contribution in [0.1, 0.15) is 26.3 Å². The maximum absolute atomic E-state index is 11.7. The van der Waals surface area contributed by atoms with Crippen LogP contribution in [-0.4, -0.2) is 108 Å². The average molecular weight is 540 g/mol. The Morgan fingerprint density at radius 3 is 2.11 bits per heavy atom. The van der Waals surface area contributed by atoms with E-state index >= 15 is 0 Å². The molecular formula is C27H41NO10. The molecule has 1 aromatic carbocycles. The zero-order valence-electron chi connectivity index (χ0n) is 22.6. The molecule has 0 aliphatic carbocycles. The molecule has 3 heterocycles. The summed E-state index contributed by atoms with van der Waals surface area (Å²) in [5, 5.41) is 2.88. The molecule has 38 heavy (non-hydrogen) atoms. The minimum atomic E-state index is -0.798. The largest absolute Gasteiger partial charge is 0.377 e. The third-order valence-corrected chi connectivity index (χ3v) is 6.45. The lowest BCUT2D eigenvalue weighted by atomic mass is 9.88. The van der Waals surface area contributed by atoms with Crippen LogP contribution in [0.25, 0.3) is 0 Å². The van der Waals surface area contributed by atoms with Crippen LogP contribution in [-0.2, 0) is 54.0 Å². The van der Waals surface area contributed by atoms with Gasteiger partial charge in [-0.2, -0.15) is 0 Å². The number of hydrogen-bond donors (Lipinski definition) is 1. The van der Waals surface area contributed by atoms with Gasteiger partial charge in [-0.15, -0.1) is 0 Å².